The van der Waals surface area contributed by atoms with Gasteiger partial charge in [-0.2, -0.15) is 0 Å². The van der Waals surface area contributed by atoms with E-state index in [2.05, 4.69) is 78.0 Å². The van der Waals surface area contributed by atoms with Gasteiger partial charge in [0, 0.05) is 9.45 Å². The van der Waals surface area contributed by atoms with Gasteiger partial charge in [0.25, 0.3) is 0 Å². The van der Waals surface area contributed by atoms with Crippen molar-refractivity contribution in [1.29, 1.82) is 0 Å². The molecule has 0 N–H and O–H groups in total. The maximum atomic E-state index is 6.15. The predicted molar refractivity (Wildman–Crippen MR) is 92.0 cm³/mol. The molecule has 0 nitrogen and oxygen atoms in total. The van der Waals surface area contributed by atoms with E-state index in [1.807, 2.05) is 0 Å². The zero-order valence-corrected chi connectivity index (χ0v) is 14.0. The number of benzene rings is 2. The van der Waals surface area contributed by atoms with Gasteiger partial charge in [-0.05, 0) is 77.1 Å². The third kappa shape index (κ3) is 4.50. The first-order valence-electron chi connectivity index (χ1n) is 6.54. The summed E-state index contributed by atoms with van der Waals surface area (Å²) in [6.07, 6.45) is 2.11. The standard InChI is InChI=1S/C17H18ClI/c1-13-4-2-3-5-16(13)11-15(12-18)10-14-6-8-17(19)9-7-14/h2-9,15H,10-12H2,1H3. The highest BCUT2D eigenvalue weighted by Crippen LogP contribution is 2.19. The molecule has 0 aliphatic carbocycles. The van der Waals surface area contributed by atoms with Crippen LogP contribution in [0.2, 0.25) is 0 Å². The molecule has 19 heavy (non-hydrogen) atoms. The van der Waals surface area contributed by atoms with Gasteiger partial charge in [0.1, 0.15) is 0 Å². The molecule has 1 unspecified atom stereocenters. The quantitative estimate of drug-likeness (QED) is 0.488. The summed E-state index contributed by atoms with van der Waals surface area (Å²) in [4.78, 5) is 0. The van der Waals surface area contributed by atoms with Gasteiger partial charge in [0.05, 0.1) is 0 Å². The van der Waals surface area contributed by atoms with Crippen LogP contribution in [0.5, 0.6) is 0 Å². The van der Waals surface area contributed by atoms with Crippen molar-refractivity contribution < 1.29 is 0 Å². The normalized spacial score (nSPS) is 12.4. The van der Waals surface area contributed by atoms with Crippen molar-refractivity contribution in [2.24, 2.45) is 5.92 Å². The highest BCUT2D eigenvalue weighted by Gasteiger charge is 2.11. The number of hydrogen-bond donors (Lipinski definition) is 0. The van der Waals surface area contributed by atoms with Gasteiger partial charge >= 0.3 is 0 Å². The van der Waals surface area contributed by atoms with Crippen LogP contribution in [0, 0.1) is 16.4 Å². The molecular weight excluding hydrogens is 367 g/mol. The van der Waals surface area contributed by atoms with Gasteiger partial charge in [-0.15, -0.1) is 11.6 Å². The van der Waals surface area contributed by atoms with Crippen LogP contribution in [0.15, 0.2) is 48.5 Å². The fourth-order valence-electron chi connectivity index (χ4n) is 2.29. The molecule has 2 heteroatoms. The highest BCUT2D eigenvalue weighted by molar-refractivity contribution is 14.1. The van der Waals surface area contributed by atoms with E-state index in [4.69, 9.17) is 11.6 Å². The van der Waals surface area contributed by atoms with Crippen molar-refractivity contribution in [3.05, 3.63) is 68.8 Å². The average Bonchev–Trinajstić information content (AvgIpc) is 2.43. The fraction of sp³-hybridized carbons (Fsp3) is 0.294. The fourth-order valence-corrected chi connectivity index (χ4v) is 2.86. The highest BCUT2D eigenvalue weighted by atomic mass is 127. The summed E-state index contributed by atoms with van der Waals surface area (Å²) in [5.74, 6) is 1.21. The van der Waals surface area contributed by atoms with Gasteiger partial charge in [-0.25, -0.2) is 0 Å². The summed E-state index contributed by atoms with van der Waals surface area (Å²) in [5.41, 5.74) is 4.15. The Morgan fingerprint density at radius 2 is 1.68 bits per heavy atom. The lowest BCUT2D eigenvalue weighted by Crippen LogP contribution is -2.11. The topological polar surface area (TPSA) is 0 Å². The first-order valence-corrected chi connectivity index (χ1v) is 8.15. The average molecular weight is 385 g/mol. The van der Waals surface area contributed by atoms with E-state index in [-0.39, 0.29) is 0 Å². The largest absolute Gasteiger partial charge is 0.126 e. The molecule has 1 atom stereocenters. The Kier molecular flexibility index (Phi) is 5.71. The number of aryl methyl sites for hydroxylation is 1. The van der Waals surface area contributed by atoms with E-state index in [1.54, 1.807) is 0 Å². The third-order valence-corrected chi connectivity index (χ3v) is 4.58. The van der Waals surface area contributed by atoms with E-state index in [9.17, 15) is 0 Å². The molecule has 0 heterocycles. The smallest absolute Gasteiger partial charge is 0.0258 e. The summed E-state index contributed by atoms with van der Waals surface area (Å²) in [5, 5.41) is 0. The maximum absolute atomic E-state index is 6.15. The van der Waals surface area contributed by atoms with Crippen LogP contribution in [0.4, 0.5) is 0 Å². The van der Waals surface area contributed by atoms with Crippen molar-refractivity contribution >= 4 is 34.2 Å². The Morgan fingerprint density at radius 3 is 2.32 bits per heavy atom. The maximum Gasteiger partial charge on any atom is 0.0258 e. The Balaban J connectivity index is 2.05. The minimum atomic E-state index is 0.503. The zero-order valence-electron chi connectivity index (χ0n) is 11.1. The molecule has 0 aliphatic rings. The summed E-state index contributed by atoms with van der Waals surface area (Å²) < 4.78 is 1.28. The van der Waals surface area contributed by atoms with Crippen LogP contribution >= 0.6 is 34.2 Å². The lowest BCUT2D eigenvalue weighted by Gasteiger charge is -2.15. The van der Waals surface area contributed by atoms with Crippen LogP contribution < -0.4 is 0 Å². The molecule has 0 saturated carbocycles. The van der Waals surface area contributed by atoms with Crippen LogP contribution in [0.25, 0.3) is 0 Å². The minimum Gasteiger partial charge on any atom is -0.126 e. The Bertz CT molecular complexity index is 519. The Morgan fingerprint density at radius 1 is 1.00 bits per heavy atom. The number of rotatable bonds is 5. The molecule has 0 bridgehead atoms. The molecule has 0 fully saturated rings. The lowest BCUT2D eigenvalue weighted by molar-refractivity contribution is 0.582. The molecule has 100 valence electrons. The van der Waals surface area contributed by atoms with Gasteiger partial charge < -0.3 is 0 Å². The van der Waals surface area contributed by atoms with E-state index in [1.165, 1.54) is 20.3 Å². The molecular formula is C17H18ClI. The van der Waals surface area contributed by atoms with Gasteiger partial charge in [-0.1, -0.05) is 36.4 Å². The molecule has 2 aromatic rings. The number of hydrogen-bond acceptors (Lipinski definition) is 0. The second-order valence-corrected chi connectivity index (χ2v) is 6.54. The summed E-state index contributed by atoms with van der Waals surface area (Å²) in [7, 11) is 0. The van der Waals surface area contributed by atoms with E-state index < -0.39 is 0 Å². The second-order valence-electron chi connectivity index (χ2n) is 4.98. The zero-order chi connectivity index (χ0) is 13.7. The van der Waals surface area contributed by atoms with E-state index in [0.29, 0.717) is 11.8 Å². The second kappa shape index (κ2) is 7.30. The van der Waals surface area contributed by atoms with Crippen molar-refractivity contribution in [1.82, 2.24) is 0 Å². The van der Waals surface area contributed by atoms with Crippen molar-refractivity contribution in [2.75, 3.05) is 5.88 Å². The summed E-state index contributed by atoms with van der Waals surface area (Å²) in [6, 6.07) is 17.3. The molecule has 2 aromatic carbocycles. The lowest BCUT2D eigenvalue weighted by atomic mass is 9.92. The first-order chi connectivity index (χ1) is 9.19. The van der Waals surface area contributed by atoms with Gasteiger partial charge in [-0.3, -0.25) is 0 Å². The molecule has 0 saturated heterocycles. The first kappa shape index (κ1) is 14.9. The van der Waals surface area contributed by atoms with E-state index >= 15 is 0 Å². The van der Waals surface area contributed by atoms with Crippen molar-refractivity contribution in [2.45, 2.75) is 19.8 Å². The van der Waals surface area contributed by atoms with Crippen LogP contribution in [0.3, 0.4) is 0 Å². The number of alkyl halides is 1. The van der Waals surface area contributed by atoms with Gasteiger partial charge in [0.15, 0.2) is 0 Å². The van der Waals surface area contributed by atoms with Crippen LogP contribution in [-0.4, -0.2) is 5.88 Å². The summed E-state index contributed by atoms with van der Waals surface area (Å²) >= 11 is 8.49. The Hall–Kier alpha value is -0.540. The van der Waals surface area contributed by atoms with Crippen molar-refractivity contribution in [3.63, 3.8) is 0 Å². The molecule has 0 radical (unpaired) electrons. The molecule has 0 aromatic heterocycles. The Labute approximate surface area is 134 Å². The van der Waals surface area contributed by atoms with Gasteiger partial charge in [0.2, 0.25) is 0 Å². The molecule has 0 aliphatic heterocycles. The molecule has 2 rings (SSSR count). The van der Waals surface area contributed by atoms with E-state index in [0.717, 1.165) is 12.8 Å². The molecule has 0 spiro atoms. The number of halogens is 2. The third-order valence-electron chi connectivity index (χ3n) is 3.43. The molecule has 0 amide bonds. The van der Waals surface area contributed by atoms with Crippen LogP contribution in [0.1, 0.15) is 16.7 Å². The van der Waals surface area contributed by atoms with Crippen molar-refractivity contribution in [3.8, 4) is 0 Å². The van der Waals surface area contributed by atoms with Crippen LogP contribution in [-0.2, 0) is 12.8 Å². The SMILES string of the molecule is Cc1ccccc1CC(CCl)Cc1ccc(I)cc1. The summed E-state index contributed by atoms with van der Waals surface area (Å²) in [6.45, 7) is 2.17. The monoisotopic (exact) mass is 384 g/mol. The minimum absolute atomic E-state index is 0.503. The predicted octanol–water partition coefficient (Wildman–Crippen LogP) is 5.24.